The smallest absolute Gasteiger partial charge is 0.261 e. The lowest BCUT2D eigenvalue weighted by Gasteiger charge is -2.07. The first kappa shape index (κ1) is 12.2. The number of thioether (sulfide) groups is 1. The van der Waals surface area contributed by atoms with Crippen LogP contribution in [0.4, 0.5) is 0 Å². The van der Waals surface area contributed by atoms with Crippen molar-refractivity contribution in [1.29, 1.82) is 0 Å². The number of rotatable bonds is 3. The Hall–Kier alpha value is -1.26. The molecule has 0 aliphatic carbocycles. The van der Waals surface area contributed by atoms with Crippen molar-refractivity contribution in [1.82, 2.24) is 9.55 Å². The number of nitrogens with zero attached hydrogens (tertiary/aromatic N) is 2. The molecule has 0 bridgehead atoms. The molecule has 1 aromatic carbocycles. The second-order valence-corrected chi connectivity index (χ2v) is 5.06. The third-order valence-corrected chi connectivity index (χ3v) is 3.71. The van der Waals surface area contributed by atoms with E-state index in [1.54, 1.807) is 13.1 Å². The molecule has 5 heteroatoms. The minimum absolute atomic E-state index is 0.0433. The summed E-state index contributed by atoms with van der Waals surface area (Å²) in [7, 11) is 1.71. The molecule has 17 heavy (non-hydrogen) atoms. The third-order valence-electron chi connectivity index (χ3n) is 2.30. The number of para-hydroxylation sites is 1. The fraction of sp³-hybridized carbons (Fsp3) is 0.167. The summed E-state index contributed by atoms with van der Waals surface area (Å²) in [6, 6.07) is 7.30. The largest absolute Gasteiger partial charge is 0.290 e. The third kappa shape index (κ3) is 2.53. The maximum atomic E-state index is 12.0. The zero-order valence-corrected chi connectivity index (χ0v) is 10.9. The van der Waals surface area contributed by atoms with Crippen LogP contribution >= 0.6 is 23.4 Å². The predicted molar refractivity (Wildman–Crippen MR) is 72.7 cm³/mol. The summed E-state index contributed by atoms with van der Waals surface area (Å²) in [6.07, 6.45) is 0. The number of hydrogen-bond donors (Lipinski definition) is 0. The summed E-state index contributed by atoms with van der Waals surface area (Å²) in [5.74, 6) is 0.542. The van der Waals surface area contributed by atoms with E-state index in [0.29, 0.717) is 26.8 Å². The van der Waals surface area contributed by atoms with E-state index in [2.05, 4.69) is 11.6 Å². The molecule has 2 aromatic rings. The Kier molecular flexibility index (Phi) is 3.54. The van der Waals surface area contributed by atoms with Crippen molar-refractivity contribution < 1.29 is 0 Å². The molecule has 0 amide bonds. The van der Waals surface area contributed by atoms with Gasteiger partial charge in [-0.2, -0.15) is 0 Å². The summed E-state index contributed by atoms with van der Waals surface area (Å²) in [4.78, 5) is 16.5. The Bertz CT molecular complexity index is 636. The van der Waals surface area contributed by atoms with E-state index < -0.39 is 0 Å². The standard InChI is InChI=1S/C12H11ClN2OS/c1-8(13)7-17-12-14-10-6-4-3-5-9(10)11(16)15(12)2/h3-6H,1,7H2,2H3. The van der Waals surface area contributed by atoms with Gasteiger partial charge in [-0.15, -0.1) is 0 Å². The summed E-state index contributed by atoms with van der Waals surface area (Å²) in [5.41, 5.74) is 0.663. The average molecular weight is 267 g/mol. The van der Waals surface area contributed by atoms with E-state index in [-0.39, 0.29) is 5.56 Å². The maximum Gasteiger partial charge on any atom is 0.261 e. The normalized spacial score (nSPS) is 10.7. The molecular formula is C12H11ClN2OS. The van der Waals surface area contributed by atoms with Crippen molar-refractivity contribution in [2.45, 2.75) is 5.16 Å². The van der Waals surface area contributed by atoms with Crippen molar-refractivity contribution in [2.24, 2.45) is 7.05 Å². The molecule has 0 saturated heterocycles. The first-order valence-electron chi connectivity index (χ1n) is 5.01. The fourth-order valence-corrected chi connectivity index (χ4v) is 2.36. The van der Waals surface area contributed by atoms with E-state index in [1.807, 2.05) is 18.2 Å². The van der Waals surface area contributed by atoms with Gasteiger partial charge in [0.15, 0.2) is 5.16 Å². The topological polar surface area (TPSA) is 34.9 Å². The van der Waals surface area contributed by atoms with Crippen LogP contribution in [0.5, 0.6) is 0 Å². The zero-order valence-electron chi connectivity index (χ0n) is 9.31. The zero-order chi connectivity index (χ0) is 12.4. The second-order valence-electron chi connectivity index (χ2n) is 3.58. The van der Waals surface area contributed by atoms with Gasteiger partial charge >= 0.3 is 0 Å². The molecular weight excluding hydrogens is 256 g/mol. The van der Waals surface area contributed by atoms with Crippen LogP contribution in [0.3, 0.4) is 0 Å². The first-order chi connectivity index (χ1) is 8.09. The predicted octanol–water partition coefficient (Wildman–Crippen LogP) is 2.78. The number of aromatic nitrogens is 2. The van der Waals surface area contributed by atoms with Gasteiger partial charge in [0.05, 0.1) is 10.9 Å². The molecule has 0 fully saturated rings. The van der Waals surface area contributed by atoms with Crippen molar-refractivity contribution >= 4 is 34.3 Å². The molecule has 2 rings (SSSR count). The summed E-state index contributed by atoms with van der Waals surface area (Å²) >= 11 is 7.11. The Morgan fingerprint density at radius 1 is 1.53 bits per heavy atom. The lowest BCUT2D eigenvalue weighted by Crippen LogP contribution is -2.20. The van der Waals surface area contributed by atoms with Crippen LogP contribution in [-0.4, -0.2) is 15.3 Å². The summed E-state index contributed by atoms with van der Waals surface area (Å²) in [6.45, 7) is 3.61. The van der Waals surface area contributed by atoms with Crippen molar-refractivity contribution in [3.05, 3.63) is 46.2 Å². The van der Waals surface area contributed by atoms with Crippen molar-refractivity contribution in [2.75, 3.05) is 5.75 Å². The van der Waals surface area contributed by atoms with Crippen LogP contribution in [0.2, 0.25) is 0 Å². The molecule has 3 nitrogen and oxygen atoms in total. The molecule has 0 aliphatic rings. The van der Waals surface area contributed by atoms with Crippen molar-refractivity contribution in [3.63, 3.8) is 0 Å². The highest BCUT2D eigenvalue weighted by molar-refractivity contribution is 7.99. The number of halogens is 1. The SMILES string of the molecule is C=C(Cl)CSc1nc2ccccc2c(=O)n1C. The van der Waals surface area contributed by atoms with Crippen molar-refractivity contribution in [3.8, 4) is 0 Å². The maximum absolute atomic E-state index is 12.0. The highest BCUT2D eigenvalue weighted by Gasteiger charge is 2.08. The van der Waals surface area contributed by atoms with Crippen LogP contribution in [-0.2, 0) is 7.05 Å². The Morgan fingerprint density at radius 3 is 2.94 bits per heavy atom. The summed E-state index contributed by atoms with van der Waals surface area (Å²) in [5, 5.41) is 1.82. The van der Waals surface area contributed by atoms with E-state index in [0.717, 1.165) is 0 Å². The number of benzene rings is 1. The molecule has 0 N–H and O–H groups in total. The molecule has 1 heterocycles. The van der Waals surface area contributed by atoms with Crippen LogP contribution in [0, 0.1) is 0 Å². The van der Waals surface area contributed by atoms with Gasteiger partial charge in [0, 0.05) is 17.8 Å². The van der Waals surface area contributed by atoms with Gasteiger partial charge in [0.1, 0.15) is 0 Å². The highest BCUT2D eigenvalue weighted by atomic mass is 35.5. The van der Waals surface area contributed by atoms with E-state index >= 15 is 0 Å². The Labute approximate surface area is 108 Å². The monoisotopic (exact) mass is 266 g/mol. The number of hydrogen-bond acceptors (Lipinski definition) is 3. The quantitative estimate of drug-likeness (QED) is 0.633. The van der Waals surface area contributed by atoms with E-state index in [1.165, 1.54) is 16.3 Å². The van der Waals surface area contributed by atoms with Gasteiger partial charge in [0.25, 0.3) is 5.56 Å². The Balaban J connectivity index is 2.54. The van der Waals surface area contributed by atoms with Gasteiger partial charge in [-0.05, 0) is 12.1 Å². The van der Waals surface area contributed by atoms with Gasteiger partial charge in [-0.3, -0.25) is 9.36 Å². The summed E-state index contributed by atoms with van der Waals surface area (Å²) < 4.78 is 1.53. The second kappa shape index (κ2) is 4.94. The van der Waals surface area contributed by atoms with Gasteiger partial charge in [-0.25, -0.2) is 4.98 Å². The lowest BCUT2D eigenvalue weighted by molar-refractivity contribution is 0.727. The van der Waals surface area contributed by atoms with Crippen LogP contribution < -0.4 is 5.56 Å². The molecule has 0 saturated carbocycles. The van der Waals surface area contributed by atoms with Crippen LogP contribution in [0.1, 0.15) is 0 Å². The van der Waals surface area contributed by atoms with E-state index in [9.17, 15) is 4.79 Å². The number of fused-ring (bicyclic) bond motifs is 1. The van der Waals surface area contributed by atoms with Gasteiger partial charge < -0.3 is 0 Å². The molecule has 0 radical (unpaired) electrons. The fourth-order valence-electron chi connectivity index (χ4n) is 1.47. The molecule has 1 aromatic heterocycles. The van der Waals surface area contributed by atoms with E-state index in [4.69, 9.17) is 11.6 Å². The lowest BCUT2D eigenvalue weighted by atomic mass is 10.2. The molecule has 0 atom stereocenters. The molecule has 0 spiro atoms. The molecule has 0 aliphatic heterocycles. The van der Waals surface area contributed by atoms with Gasteiger partial charge in [-0.1, -0.05) is 42.1 Å². The van der Waals surface area contributed by atoms with Crippen LogP contribution in [0.15, 0.2) is 45.8 Å². The van der Waals surface area contributed by atoms with Gasteiger partial charge in [0.2, 0.25) is 0 Å². The molecule has 88 valence electrons. The average Bonchev–Trinajstić information content (AvgIpc) is 2.32. The minimum Gasteiger partial charge on any atom is -0.290 e. The highest BCUT2D eigenvalue weighted by Crippen LogP contribution is 2.19. The van der Waals surface area contributed by atoms with Crippen LogP contribution in [0.25, 0.3) is 10.9 Å². The minimum atomic E-state index is -0.0433. The first-order valence-corrected chi connectivity index (χ1v) is 6.38. The Morgan fingerprint density at radius 2 is 2.24 bits per heavy atom. The molecule has 0 unspecified atom stereocenters.